The molecule has 0 aliphatic carbocycles. The van der Waals surface area contributed by atoms with Crippen molar-refractivity contribution >= 4 is 5.91 Å². The second-order valence-electron chi connectivity index (χ2n) is 4.96. The number of nitrogens with two attached hydrogens (primary N) is 1. The summed E-state index contributed by atoms with van der Waals surface area (Å²) in [5.74, 6) is 0.570. The summed E-state index contributed by atoms with van der Waals surface area (Å²) in [6.07, 6.45) is 0.318. The molecule has 4 nitrogen and oxygen atoms in total. The summed E-state index contributed by atoms with van der Waals surface area (Å²) < 4.78 is 5.44. The minimum Gasteiger partial charge on any atom is -0.494 e. The molecule has 0 aliphatic rings. The molecule has 0 aromatic heterocycles. The Hall–Kier alpha value is -1.55. The van der Waals surface area contributed by atoms with Crippen LogP contribution in [0.5, 0.6) is 5.75 Å². The molecule has 0 aliphatic heterocycles. The van der Waals surface area contributed by atoms with Crippen LogP contribution in [0.2, 0.25) is 0 Å². The molecule has 1 aromatic rings. The second-order valence-corrected chi connectivity index (χ2v) is 4.96. The Kier molecular flexibility index (Phi) is 5.16. The molecule has 0 bridgehead atoms. The lowest BCUT2D eigenvalue weighted by molar-refractivity contribution is -0.119. The van der Waals surface area contributed by atoms with Crippen molar-refractivity contribution in [1.29, 1.82) is 0 Å². The smallest absolute Gasteiger partial charge is 0.219 e. The lowest BCUT2D eigenvalue weighted by Crippen LogP contribution is -2.42. The molecule has 0 fully saturated rings. The third-order valence-electron chi connectivity index (χ3n) is 2.60. The van der Waals surface area contributed by atoms with Crippen LogP contribution in [0.25, 0.3) is 0 Å². The van der Waals surface area contributed by atoms with E-state index in [1.807, 2.05) is 45.0 Å². The second kappa shape index (κ2) is 6.40. The van der Waals surface area contributed by atoms with Gasteiger partial charge in [0, 0.05) is 18.5 Å². The van der Waals surface area contributed by atoms with Crippen molar-refractivity contribution in [3.05, 3.63) is 29.8 Å². The van der Waals surface area contributed by atoms with Crippen LogP contribution in [0.3, 0.4) is 0 Å². The van der Waals surface area contributed by atoms with Crippen LogP contribution in [-0.4, -0.2) is 18.1 Å². The normalized spacial score (nSPS) is 11.3. The highest BCUT2D eigenvalue weighted by atomic mass is 16.5. The summed E-state index contributed by atoms with van der Waals surface area (Å²) >= 11 is 0. The van der Waals surface area contributed by atoms with E-state index in [9.17, 15) is 4.79 Å². The average Bonchev–Trinajstić information content (AvgIpc) is 2.26. The van der Waals surface area contributed by atoms with Gasteiger partial charge in [0.05, 0.1) is 6.61 Å². The molecule has 0 unspecified atom stereocenters. The van der Waals surface area contributed by atoms with Gasteiger partial charge < -0.3 is 15.8 Å². The van der Waals surface area contributed by atoms with Gasteiger partial charge >= 0.3 is 0 Å². The van der Waals surface area contributed by atoms with Crippen LogP contribution < -0.4 is 15.8 Å². The van der Waals surface area contributed by atoms with Gasteiger partial charge in [-0.05, 0) is 38.5 Å². The number of hydrogen-bond donors (Lipinski definition) is 2. The quantitative estimate of drug-likeness (QED) is 0.776. The minimum absolute atomic E-state index is 0.296. The number of ether oxygens (including phenoxy) is 1. The van der Waals surface area contributed by atoms with E-state index >= 15 is 0 Å². The third kappa shape index (κ3) is 5.19. The maximum atomic E-state index is 10.9. The standard InChI is InChI=1S/C14H22N2O2/c1-4-18-12-7-5-6-11(8-12)10-16-14(2,3)9-13(15)17/h5-8,16H,4,9-10H2,1-3H3,(H2,15,17). The zero-order valence-electron chi connectivity index (χ0n) is 11.3. The van der Waals surface area contributed by atoms with Crippen LogP contribution >= 0.6 is 0 Å². The van der Waals surface area contributed by atoms with Crippen molar-refractivity contribution in [1.82, 2.24) is 5.32 Å². The Morgan fingerprint density at radius 2 is 2.17 bits per heavy atom. The van der Waals surface area contributed by atoms with Gasteiger partial charge in [-0.15, -0.1) is 0 Å². The summed E-state index contributed by atoms with van der Waals surface area (Å²) in [6.45, 7) is 7.22. The third-order valence-corrected chi connectivity index (χ3v) is 2.60. The van der Waals surface area contributed by atoms with Gasteiger partial charge in [0.15, 0.2) is 0 Å². The van der Waals surface area contributed by atoms with Gasteiger partial charge in [0.25, 0.3) is 0 Å². The SMILES string of the molecule is CCOc1cccc(CNC(C)(C)CC(N)=O)c1. The first-order valence-electron chi connectivity index (χ1n) is 6.18. The van der Waals surface area contributed by atoms with Crippen LogP contribution in [0.4, 0.5) is 0 Å². The lowest BCUT2D eigenvalue weighted by Gasteiger charge is -2.25. The van der Waals surface area contributed by atoms with E-state index in [0.717, 1.165) is 11.3 Å². The zero-order chi connectivity index (χ0) is 13.6. The fourth-order valence-electron chi connectivity index (χ4n) is 1.75. The summed E-state index contributed by atoms with van der Waals surface area (Å²) in [4.78, 5) is 10.9. The van der Waals surface area contributed by atoms with Crippen molar-refractivity contribution < 1.29 is 9.53 Å². The molecule has 0 saturated carbocycles. The van der Waals surface area contributed by atoms with Crippen LogP contribution in [-0.2, 0) is 11.3 Å². The molecular weight excluding hydrogens is 228 g/mol. The van der Waals surface area contributed by atoms with Crippen LogP contribution in [0, 0.1) is 0 Å². The van der Waals surface area contributed by atoms with Gasteiger partial charge in [0.1, 0.15) is 5.75 Å². The number of nitrogens with one attached hydrogen (secondary N) is 1. The van der Waals surface area contributed by atoms with Gasteiger partial charge in [-0.25, -0.2) is 0 Å². The molecule has 1 amide bonds. The highest BCUT2D eigenvalue weighted by Gasteiger charge is 2.19. The number of benzene rings is 1. The topological polar surface area (TPSA) is 64.3 Å². The first-order chi connectivity index (χ1) is 8.43. The predicted octanol–water partition coefficient (Wildman–Crippen LogP) is 1.83. The Balaban J connectivity index is 2.57. The van der Waals surface area contributed by atoms with Crippen molar-refractivity contribution in [3.8, 4) is 5.75 Å². The van der Waals surface area contributed by atoms with E-state index in [0.29, 0.717) is 19.6 Å². The Morgan fingerprint density at radius 3 is 2.78 bits per heavy atom. The fourth-order valence-corrected chi connectivity index (χ4v) is 1.75. The minimum atomic E-state index is -0.298. The van der Waals surface area contributed by atoms with Gasteiger partial charge in [0.2, 0.25) is 5.91 Å². The lowest BCUT2D eigenvalue weighted by atomic mass is 10.00. The zero-order valence-corrected chi connectivity index (χ0v) is 11.3. The number of rotatable bonds is 7. The Bertz CT molecular complexity index is 403. The first kappa shape index (κ1) is 14.5. The number of amides is 1. The number of carbonyl (C=O) groups is 1. The van der Waals surface area contributed by atoms with Crippen molar-refractivity contribution in [2.75, 3.05) is 6.61 Å². The molecule has 0 atom stereocenters. The summed E-state index contributed by atoms with van der Waals surface area (Å²) in [7, 11) is 0. The van der Waals surface area contributed by atoms with Crippen LogP contribution in [0.15, 0.2) is 24.3 Å². The molecule has 0 radical (unpaired) electrons. The van der Waals surface area contributed by atoms with Crippen LogP contribution in [0.1, 0.15) is 32.8 Å². The molecule has 0 heterocycles. The number of primary amides is 1. The maximum Gasteiger partial charge on any atom is 0.219 e. The predicted molar refractivity (Wildman–Crippen MR) is 72.3 cm³/mol. The molecule has 1 rings (SSSR count). The highest BCUT2D eigenvalue weighted by molar-refractivity contribution is 5.74. The average molecular weight is 250 g/mol. The molecule has 100 valence electrons. The molecule has 0 saturated heterocycles. The summed E-state index contributed by atoms with van der Waals surface area (Å²) in [5, 5.41) is 3.32. The largest absolute Gasteiger partial charge is 0.494 e. The molecule has 18 heavy (non-hydrogen) atoms. The summed E-state index contributed by atoms with van der Waals surface area (Å²) in [6, 6.07) is 7.91. The van der Waals surface area contributed by atoms with Gasteiger partial charge in [-0.1, -0.05) is 12.1 Å². The molecular formula is C14H22N2O2. The fraction of sp³-hybridized carbons (Fsp3) is 0.500. The summed E-state index contributed by atoms with van der Waals surface area (Å²) in [5.41, 5.74) is 6.04. The first-order valence-corrected chi connectivity index (χ1v) is 6.18. The number of carbonyl (C=O) groups excluding carboxylic acids is 1. The Labute approximate surface area is 109 Å². The molecule has 3 N–H and O–H groups in total. The Morgan fingerprint density at radius 1 is 1.44 bits per heavy atom. The van der Waals surface area contributed by atoms with Gasteiger partial charge in [-0.2, -0.15) is 0 Å². The van der Waals surface area contributed by atoms with E-state index in [1.165, 1.54) is 0 Å². The van der Waals surface area contributed by atoms with Crippen molar-refractivity contribution in [2.24, 2.45) is 5.73 Å². The van der Waals surface area contributed by atoms with Crippen molar-refractivity contribution in [2.45, 2.75) is 39.3 Å². The number of hydrogen-bond acceptors (Lipinski definition) is 3. The van der Waals surface area contributed by atoms with E-state index in [4.69, 9.17) is 10.5 Å². The van der Waals surface area contributed by atoms with E-state index in [-0.39, 0.29) is 11.4 Å². The molecule has 0 spiro atoms. The molecule has 4 heteroatoms. The monoisotopic (exact) mass is 250 g/mol. The van der Waals surface area contributed by atoms with Crippen molar-refractivity contribution in [3.63, 3.8) is 0 Å². The van der Waals surface area contributed by atoms with E-state index < -0.39 is 0 Å². The van der Waals surface area contributed by atoms with Gasteiger partial charge in [-0.3, -0.25) is 4.79 Å². The van der Waals surface area contributed by atoms with E-state index in [1.54, 1.807) is 0 Å². The maximum absolute atomic E-state index is 10.9. The molecule has 1 aromatic carbocycles. The highest BCUT2D eigenvalue weighted by Crippen LogP contribution is 2.15. The van der Waals surface area contributed by atoms with E-state index in [2.05, 4.69) is 5.32 Å².